The van der Waals surface area contributed by atoms with Gasteiger partial charge in [0.2, 0.25) is 0 Å². The third-order valence-electron chi connectivity index (χ3n) is 7.08. The number of unbranched alkanes of at least 4 members (excludes halogenated alkanes) is 2. The number of anilines is 1. The molecule has 2 aromatic heterocycles. The number of amides is 1. The molecule has 46 heavy (non-hydrogen) atoms. The van der Waals surface area contributed by atoms with Crippen LogP contribution in [0.1, 0.15) is 42.2 Å². The number of aromatic nitrogens is 4. The molecule has 1 aliphatic rings. The Bertz CT molecular complexity index is 2000. The third-order valence-corrected chi connectivity index (χ3v) is 7.08. The van der Waals surface area contributed by atoms with Crippen LogP contribution < -0.4 is 26.6 Å². The number of halogens is 2. The van der Waals surface area contributed by atoms with E-state index in [2.05, 4.69) is 15.6 Å². The standard InChI is InChI=1S/C33H31F2N7O4/c1-3-4-5-14-41-18-25(32(44)42(33(41)45)24-9-6-22(34)7-10-24)31(43)39-23-8-11-29(26(35)16-23)46-30-15-21(17-37-27(30)12-13-36)28-19-40(2)20-38-28/h6-13,15-20,36-37H,3-5,14H2,1-2H3,(H,39,43)/b27-12-,36-13?. The fraction of sp³-hybridized carbons (Fsp3) is 0.182. The van der Waals surface area contributed by atoms with Gasteiger partial charge in [0, 0.05) is 55.7 Å². The van der Waals surface area contributed by atoms with Crippen molar-refractivity contribution >= 4 is 23.4 Å². The molecule has 0 saturated heterocycles. The van der Waals surface area contributed by atoms with Crippen LogP contribution in [-0.2, 0) is 13.6 Å². The Morgan fingerprint density at radius 3 is 2.57 bits per heavy atom. The Morgan fingerprint density at radius 2 is 1.89 bits per heavy atom. The summed E-state index contributed by atoms with van der Waals surface area (Å²) in [5, 5.41) is 13.0. The van der Waals surface area contributed by atoms with Gasteiger partial charge in [0.1, 0.15) is 11.4 Å². The molecule has 0 atom stereocenters. The fourth-order valence-corrected chi connectivity index (χ4v) is 4.74. The minimum absolute atomic E-state index is 0.0337. The van der Waals surface area contributed by atoms with E-state index in [1.165, 1.54) is 41.1 Å². The first-order valence-corrected chi connectivity index (χ1v) is 14.5. The van der Waals surface area contributed by atoms with Crippen molar-refractivity contribution in [3.8, 4) is 11.4 Å². The quantitative estimate of drug-likeness (QED) is 0.160. The zero-order chi connectivity index (χ0) is 32.8. The van der Waals surface area contributed by atoms with E-state index in [4.69, 9.17) is 10.1 Å². The van der Waals surface area contributed by atoms with E-state index < -0.39 is 28.8 Å². The predicted octanol–water partition coefficient (Wildman–Crippen LogP) is 4.89. The lowest BCUT2D eigenvalue weighted by Crippen LogP contribution is -2.42. The molecular weight excluding hydrogens is 596 g/mol. The Balaban J connectivity index is 1.42. The van der Waals surface area contributed by atoms with Crippen LogP contribution in [0, 0.1) is 17.0 Å². The van der Waals surface area contributed by atoms with E-state index >= 15 is 4.39 Å². The van der Waals surface area contributed by atoms with Crippen molar-refractivity contribution in [1.82, 2.24) is 24.0 Å². The molecule has 236 valence electrons. The number of benzene rings is 2. The van der Waals surface area contributed by atoms with Gasteiger partial charge in [0.25, 0.3) is 11.5 Å². The average Bonchev–Trinajstić information content (AvgIpc) is 3.47. The molecule has 13 heteroatoms. The van der Waals surface area contributed by atoms with Gasteiger partial charge in [-0.25, -0.2) is 23.1 Å². The lowest BCUT2D eigenvalue weighted by Gasteiger charge is -2.19. The van der Waals surface area contributed by atoms with E-state index in [1.54, 1.807) is 29.4 Å². The predicted molar refractivity (Wildman–Crippen MR) is 170 cm³/mol. The van der Waals surface area contributed by atoms with E-state index in [-0.39, 0.29) is 35.0 Å². The van der Waals surface area contributed by atoms with Crippen molar-refractivity contribution in [3.05, 3.63) is 135 Å². The van der Waals surface area contributed by atoms with Crippen LogP contribution in [0.4, 0.5) is 14.5 Å². The SMILES string of the molecule is CCCCCn1cc(C(=O)Nc2ccc(OC3=CC(c4cn(C)cn4)=CN/C3=C\C=N)c(F)c2)c(=O)n(-c2ccc(F)cc2)c1=O. The molecule has 3 N–H and O–H groups in total. The normalized spacial score (nSPS) is 13.5. The highest BCUT2D eigenvalue weighted by Gasteiger charge is 2.21. The smallest absolute Gasteiger partial charge is 0.335 e. The number of dihydropyridines is 1. The van der Waals surface area contributed by atoms with Crippen molar-refractivity contribution in [2.24, 2.45) is 7.05 Å². The minimum atomic E-state index is -0.903. The number of hydrogen-bond acceptors (Lipinski definition) is 7. The molecule has 3 heterocycles. The number of allylic oxidation sites excluding steroid dienone is 3. The number of carbonyl (C=O) groups excluding carboxylic acids is 1. The van der Waals surface area contributed by atoms with Crippen molar-refractivity contribution in [1.29, 1.82) is 5.41 Å². The topological polar surface area (TPSA) is 136 Å². The third kappa shape index (κ3) is 6.93. The second kappa shape index (κ2) is 13.8. The summed E-state index contributed by atoms with van der Waals surface area (Å²) in [4.78, 5) is 44.3. The maximum Gasteiger partial charge on any atom is 0.335 e. The van der Waals surface area contributed by atoms with Crippen LogP contribution >= 0.6 is 0 Å². The molecular formula is C33H31F2N7O4. The van der Waals surface area contributed by atoms with E-state index in [1.807, 2.05) is 14.0 Å². The molecule has 11 nitrogen and oxygen atoms in total. The van der Waals surface area contributed by atoms with Gasteiger partial charge in [-0.3, -0.25) is 14.2 Å². The molecule has 0 unspecified atom stereocenters. The van der Waals surface area contributed by atoms with Gasteiger partial charge in [-0.05, 0) is 55.0 Å². The number of nitrogens with zero attached hydrogens (tertiary/aromatic N) is 4. The highest BCUT2D eigenvalue weighted by atomic mass is 19.1. The fourth-order valence-electron chi connectivity index (χ4n) is 4.74. The number of hydrogen-bond donors (Lipinski definition) is 3. The van der Waals surface area contributed by atoms with Gasteiger partial charge in [0.15, 0.2) is 17.3 Å². The maximum absolute atomic E-state index is 15.3. The molecule has 1 amide bonds. The van der Waals surface area contributed by atoms with Gasteiger partial charge >= 0.3 is 5.69 Å². The lowest BCUT2D eigenvalue weighted by molar-refractivity contribution is 0.102. The van der Waals surface area contributed by atoms with Crippen molar-refractivity contribution in [2.45, 2.75) is 32.7 Å². The number of rotatable bonds is 11. The van der Waals surface area contributed by atoms with Gasteiger partial charge < -0.3 is 25.3 Å². The number of nitrogens with one attached hydrogen (secondary N) is 3. The van der Waals surface area contributed by atoms with Gasteiger partial charge in [0.05, 0.1) is 23.4 Å². The molecule has 5 rings (SSSR count). The highest BCUT2D eigenvalue weighted by molar-refractivity contribution is 6.03. The van der Waals surface area contributed by atoms with Crippen molar-refractivity contribution in [2.75, 3.05) is 5.32 Å². The summed E-state index contributed by atoms with van der Waals surface area (Å²) in [6.45, 7) is 2.26. The number of carbonyl (C=O) groups is 1. The van der Waals surface area contributed by atoms with Crippen LogP contribution in [0.2, 0.25) is 0 Å². The van der Waals surface area contributed by atoms with E-state index in [0.717, 1.165) is 41.8 Å². The summed E-state index contributed by atoms with van der Waals surface area (Å²) in [5.74, 6) is -2.15. The second-order valence-electron chi connectivity index (χ2n) is 10.5. The summed E-state index contributed by atoms with van der Waals surface area (Å²) in [7, 11) is 1.83. The Morgan fingerprint density at radius 1 is 1.11 bits per heavy atom. The first-order chi connectivity index (χ1) is 22.2. The molecule has 0 radical (unpaired) electrons. The minimum Gasteiger partial charge on any atom is -0.452 e. The van der Waals surface area contributed by atoms with E-state index in [0.29, 0.717) is 23.4 Å². The maximum atomic E-state index is 15.3. The number of ether oxygens (including phenoxy) is 1. The lowest BCUT2D eigenvalue weighted by atomic mass is 10.1. The molecule has 4 aromatic rings. The summed E-state index contributed by atoms with van der Waals surface area (Å²) in [5.41, 5.74) is -0.0461. The van der Waals surface area contributed by atoms with E-state index in [9.17, 15) is 18.8 Å². The molecule has 1 aliphatic heterocycles. The highest BCUT2D eigenvalue weighted by Crippen LogP contribution is 2.28. The molecule has 0 aliphatic carbocycles. The summed E-state index contributed by atoms with van der Waals surface area (Å²) >= 11 is 0. The zero-order valence-electron chi connectivity index (χ0n) is 25.1. The first-order valence-electron chi connectivity index (χ1n) is 14.5. The van der Waals surface area contributed by atoms with Gasteiger partial charge in [-0.15, -0.1) is 0 Å². The average molecular weight is 628 g/mol. The van der Waals surface area contributed by atoms with Crippen LogP contribution in [-0.4, -0.2) is 30.8 Å². The zero-order valence-corrected chi connectivity index (χ0v) is 25.1. The van der Waals surface area contributed by atoms with Crippen molar-refractivity contribution < 1.29 is 18.3 Å². The molecule has 0 saturated carbocycles. The van der Waals surface area contributed by atoms with Crippen LogP contribution in [0.15, 0.2) is 101 Å². The number of aryl methyl sites for hydroxylation is 2. The Labute approximate surface area is 262 Å². The van der Waals surface area contributed by atoms with Crippen molar-refractivity contribution in [3.63, 3.8) is 0 Å². The number of imidazole rings is 1. The Kier molecular flexibility index (Phi) is 9.50. The van der Waals surface area contributed by atoms with Gasteiger partial charge in [-0.2, -0.15) is 0 Å². The second-order valence-corrected chi connectivity index (χ2v) is 10.5. The van der Waals surface area contributed by atoms with Crippen LogP contribution in [0.3, 0.4) is 0 Å². The molecule has 0 spiro atoms. The van der Waals surface area contributed by atoms with Gasteiger partial charge in [-0.1, -0.05) is 19.8 Å². The molecule has 0 bridgehead atoms. The first kappa shape index (κ1) is 31.6. The van der Waals surface area contributed by atoms with Crippen LogP contribution in [0.25, 0.3) is 11.3 Å². The summed E-state index contributed by atoms with van der Waals surface area (Å²) < 4.78 is 38.6. The molecule has 2 aromatic carbocycles. The molecule has 0 fully saturated rings. The van der Waals surface area contributed by atoms with Crippen LogP contribution in [0.5, 0.6) is 5.75 Å². The Hall–Kier alpha value is -5.85. The largest absolute Gasteiger partial charge is 0.452 e. The monoisotopic (exact) mass is 627 g/mol. The summed E-state index contributed by atoms with van der Waals surface area (Å²) in [6.07, 6.45) is 12.8. The summed E-state index contributed by atoms with van der Waals surface area (Å²) in [6, 6.07) is 8.53.